The number of allylic oxidation sites excluding steroid dienone is 1. The maximum atomic E-state index is 14.5. The molecular weight excluding hydrogens is 547 g/mol. The Hall–Kier alpha value is -4.17. The van der Waals surface area contributed by atoms with E-state index < -0.39 is 5.82 Å². The van der Waals surface area contributed by atoms with Gasteiger partial charge in [0.15, 0.2) is 0 Å². The number of hydrogen-bond acceptors (Lipinski definition) is 4. The number of fused-ring (bicyclic) bond motifs is 1. The predicted molar refractivity (Wildman–Crippen MR) is 182 cm³/mol. The second-order valence-corrected chi connectivity index (χ2v) is 11.0. The van der Waals surface area contributed by atoms with Crippen LogP contribution in [0.3, 0.4) is 0 Å². The van der Waals surface area contributed by atoms with Gasteiger partial charge in [-0.1, -0.05) is 70.4 Å². The normalized spacial score (nSPS) is 21.0. The van der Waals surface area contributed by atoms with Crippen molar-refractivity contribution in [2.45, 2.75) is 85.5 Å². The van der Waals surface area contributed by atoms with Gasteiger partial charge < -0.3 is 15.3 Å². The first-order chi connectivity index (χ1) is 21.4. The zero-order chi connectivity index (χ0) is 32.2. The Morgan fingerprint density at radius 1 is 1.25 bits per heavy atom. The van der Waals surface area contributed by atoms with Crippen LogP contribution in [0.1, 0.15) is 82.8 Å². The molecule has 1 saturated heterocycles. The largest absolute Gasteiger partial charge is 0.346 e. The number of aryl methyl sites for hydroxylation is 1. The van der Waals surface area contributed by atoms with Crippen LogP contribution in [0.25, 0.3) is 23.2 Å². The van der Waals surface area contributed by atoms with Crippen LogP contribution in [0.5, 0.6) is 0 Å². The molecule has 1 aliphatic carbocycles. The molecule has 0 radical (unpaired) electrons. The number of aromatic nitrogens is 4. The van der Waals surface area contributed by atoms with Gasteiger partial charge in [-0.25, -0.2) is 14.4 Å². The van der Waals surface area contributed by atoms with Crippen LogP contribution < -0.4 is 15.8 Å². The van der Waals surface area contributed by atoms with E-state index in [9.17, 15) is 4.39 Å². The number of H-pyrrole nitrogens is 2. The van der Waals surface area contributed by atoms with Crippen molar-refractivity contribution in [2.75, 3.05) is 6.54 Å². The quantitative estimate of drug-likeness (QED) is 0.222. The lowest BCUT2D eigenvalue weighted by Gasteiger charge is -2.10. The Morgan fingerprint density at radius 3 is 2.66 bits per heavy atom. The van der Waals surface area contributed by atoms with E-state index in [1.165, 1.54) is 18.7 Å². The third kappa shape index (κ3) is 9.16. The first kappa shape index (κ1) is 34.3. The van der Waals surface area contributed by atoms with Gasteiger partial charge in [-0.2, -0.15) is 0 Å². The number of benzene rings is 1. The standard InChI is InChI=1S/C33H39FN6.C2H6.C2H2/c1-6-10-28-25(13-14-29-32(28)39-33(38-29)23(5)40-20-27(40)7-2)12-9-8-11-24-16-22(4)37-31(36-18-26(34)17-24)19-35-30-15-21(30)3;2*1-2/h6,10,12-14,16-18,21,23,27,30,35H,1,7,9,15,19-20H2,2-5H3,(H,36,37)(H,38,39);1-2H3;1-2H/b22-16?,24-17?,25-12-,26-18?,28-10+;;/t21?,23-,27-,30?,40?;;/m0../s1. The minimum atomic E-state index is -0.428. The molecule has 5 atom stereocenters. The van der Waals surface area contributed by atoms with Gasteiger partial charge in [0.25, 0.3) is 0 Å². The highest BCUT2D eigenvalue weighted by molar-refractivity contribution is 5.77. The van der Waals surface area contributed by atoms with E-state index in [0.29, 0.717) is 42.4 Å². The average Bonchev–Trinajstić information content (AvgIpc) is 3.92. The molecule has 0 bridgehead atoms. The summed E-state index contributed by atoms with van der Waals surface area (Å²) >= 11 is 0. The molecule has 7 heteroatoms. The molecule has 1 aromatic carbocycles. The molecule has 2 fully saturated rings. The molecule has 1 saturated carbocycles. The van der Waals surface area contributed by atoms with Crippen LogP contribution in [0, 0.1) is 43.3 Å². The summed E-state index contributed by atoms with van der Waals surface area (Å²) in [5.74, 6) is 8.25. The van der Waals surface area contributed by atoms with E-state index in [1.807, 2.05) is 32.9 Å². The second-order valence-electron chi connectivity index (χ2n) is 11.0. The second kappa shape index (κ2) is 16.6. The molecule has 3 unspecified atom stereocenters. The Balaban J connectivity index is 0.00000127. The SMILES string of the molecule is C#C.C=C/C=c1\c(=C/CC#Cc2cc(F)cnc(CNC3CC3C)[nH]c(C)c2)ccc2[nH]c([C@H](C)N3C[C@@H]3CC)nc12.CC. The number of nitrogens with zero attached hydrogens (tertiary/aromatic N) is 3. The number of terminal acetylenes is 1. The van der Waals surface area contributed by atoms with Gasteiger partial charge >= 0.3 is 0 Å². The monoisotopic (exact) mass is 594 g/mol. The topological polar surface area (TPSA) is 72.4 Å². The molecule has 44 heavy (non-hydrogen) atoms. The van der Waals surface area contributed by atoms with Crippen LogP contribution in [0.4, 0.5) is 4.39 Å². The number of nitrogens with one attached hydrogen (secondary N) is 3. The fourth-order valence-electron chi connectivity index (χ4n) is 5.20. The van der Waals surface area contributed by atoms with Crippen molar-refractivity contribution in [1.29, 1.82) is 0 Å². The molecular formula is C37H47FN6. The molecule has 3 aromatic rings. The van der Waals surface area contributed by atoms with E-state index in [-0.39, 0.29) is 6.04 Å². The molecule has 3 heterocycles. The van der Waals surface area contributed by atoms with Crippen molar-refractivity contribution >= 4 is 23.2 Å². The summed E-state index contributed by atoms with van der Waals surface area (Å²) in [6.07, 6.45) is 18.0. The molecule has 0 spiro atoms. The molecule has 1 aliphatic heterocycles. The zero-order valence-electron chi connectivity index (χ0n) is 27.0. The van der Waals surface area contributed by atoms with Gasteiger partial charge in [-0.05, 0) is 56.0 Å². The van der Waals surface area contributed by atoms with Gasteiger partial charge in [-0.15, -0.1) is 12.8 Å². The number of imidazole rings is 1. The van der Waals surface area contributed by atoms with Crippen molar-refractivity contribution in [2.24, 2.45) is 5.92 Å². The lowest BCUT2D eigenvalue weighted by atomic mass is 10.1. The summed E-state index contributed by atoms with van der Waals surface area (Å²) in [5, 5.41) is 5.52. The Bertz CT molecular complexity index is 1680. The molecule has 2 aliphatic rings. The van der Waals surface area contributed by atoms with Crippen LogP contribution in [0.15, 0.2) is 43.1 Å². The highest BCUT2D eigenvalue weighted by Gasteiger charge is 2.37. The van der Waals surface area contributed by atoms with Gasteiger partial charge in [-0.3, -0.25) is 4.90 Å². The van der Waals surface area contributed by atoms with E-state index in [2.05, 4.69) is 95.4 Å². The summed E-state index contributed by atoms with van der Waals surface area (Å²) in [7, 11) is 0. The van der Waals surface area contributed by atoms with Crippen molar-refractivity contribution in [3.63, 3.8) is 0 Å². The fourth-order valence-corrected chi connectivity index (χ4v) is 5.20. The lowest BCUT2D eigenvalue weighted by molar-refractivity contribution is 0.389. The van der Waals surface area contributed by atoms with E-state index >= 15 is 0 Å². The number of rotatable bonds is 8. The van der Waals surface area contributed by atoms with E-state index in [4.69, 9.17) is 4.98 Å². The minimum absolute atomic E-state index is 0.258. The van der Waals surface area contributed by atoms with Crippen LogP contribution in [-0.4, -0.2) is 43.5 Å². The minimum Gasteiger partial charge on any atom is -0.346 e. The first-order valence-electron chi connectivity index (χ1n) is 15.6. The highest BCUT2D eigenvalue weighted by Crippen LogP contribution is 2.32. The van der Waals surface area contributed by atoms with Gasteiger partial charge in [0.1, 0.15) is 17.5 Å². The predicted octanol–water partition coefficient (Wildman–Crippen LogP) is 5.98. The number of halogens is 1. The van der Waals surface area contributed by atoms with Crippen molar-refractivity contribution in [3.05, 3.63) is 82.3 Å². The summed E-state index contributed by atoms with van der Waals surface area (Å²) in [4.78, 5) is 18.6. The molecule has 5 rings (SSSR count). The molecule has 2 aromatic heterocycles. The summed E-state index contributed by atoms with van der Waals surface area (Å²) in [6, 6.07) is 8.88. The first-order valence-corrected chi connectivity index (χ1v) is 15.6. The smallest absolute Gasteiger partial charge is 0.142 e. The van der Waals surface area contributed by atoms with Gasteiger partial charge in [0.05, 0.1) is 29.8 Å². The molecule has 0 amide bonds. The Labute approximate surface area is 262 Å². The maximum absolute atomic E-state index is 14.5. The summed E-state index contributed by atoms with van der Waals surface area (Å²) < 4.78 is 14.5. The van der Waals surface area contributed by atoms with Crippen molar-refractivity contribution in [3.8, 4) is 24.7 Å². The molecule has 3 N–H and O–H groups in total. The Morgan fingerprint density at radius 2 is 2.00 bits per heavy atom. The van der Waals surface area contributed by atoms with Crippen LogP contribution in [0.2, 0.25) is 0 Å². The van der Waals surface area contributed by atoms with Crippen LogP contribution >= 0.6 is 0 Å². The van der Waals surface area contributed by atoms with E-state index in [0.717, 1.165) is 46.0 Å². The zero-order valence-corrected chi connectivity index (χ0v) is 27.0. The number of aromatic amines is 2. The van der Waals surface area contributed by atoms with Crippen molar-refractivity contribution in [1.82, 2.24) is 30.2 Å². The van der Waals surface area contributed by atoms with Crippen LogP contribution in [-0.2, 0) is 6.54 Å². The maximum Gasteiger partial charge on any atom is 0.142 e. The van der Waals surface area contributed by atoms with Gasteiger partial charge in [0.2, 0.25) is 0 Å². The third-order valence-electron chi connectivity index (χ3n) is 7.80. The van der Waals surface area contributed by atoms with Gasteiger partial charge in [0, 0.05) is 41.5 Å². The van der Waals surface area contributed by atoms with Crippen molar-refractivity contribution < 1.29 is 4.39 Å². The summed E-state index contributed by atoms with van der Waals surface area (Å²) in [5.41, 5.74) is 3.41. The highest BCUT2D eigenvalue weighted by atomic mass is 19.1. The fraction of sp³-hybridized carbons (Fsp3) is 0.405. The van der Waals surface area contributed by atoms with E-state index in [1.54, 1.807) is 6.08 Å². The third-order valence-corrected chi connectivity index (χ3v) is 7.80. The lowest BCUT2D eigenvalue weighted by Crippen LogP contribution is -2.25. The average molecular weight is 595 g/mol. The number of hydrogen-bond donors (Lipinski definition) is 3. The summed E-state index contributed by atoms with van der Waals surface area (Å²) in [6.45, 7) is 18.2. The molecule has 232 valence electrons. The Kier molecular flexibility index (Phi) is 13.0. The molecule has 6 nitrogen and oxygen atoms in total.